The zero-order valence-electron chi connectivity index (χ0n) is 9.28. The molecule has 5 nitrogen and oxygen atoms in total. The van der Waals surface area contributed by atoms with Crippen molar-refractivity contribution in [2.24, 2.45) is 16.8 Å². The molecule has 0 spiro atoms. The number of nitrogens with two attached hydrogens (primary N) is 1. The third-order valence-corrected chi connectivity index (χ3v) is 2.95. The van der Waals surface area contributed by atoms with Crippen LogP contribution in [0.3, 0.4) is 0 Å². The van der Waals surface area contributed by atoms with E-state index in [1.165, 1.54) is 0 Å². The third kappa shape index (κ3) is 4.48. The Labute approximate surface area is 90.7 Å². The summed E-state index contributed by atoms with van der Waals surface area (Å²) in [6.45, 7) is 4.69. The van der Waals surface area contributed by atoms with Crippen molar-refractivity contribution in [2.75, 3.05) is 19.8 Å². The molecule has 4 N–H and O–H groups in total. The molecule has 1 aliphatic rings. The van der Waals surface area contributed by atoms with Crippen LogP contribution in [-0.4, -0.2) is 36.8 Å². The van der Waals surface area contributed by atoms with Gasteiger partial charge in [0.1, 0.15) is 5.84 Å². The minimum atomic E-state index is 0.279. The van der Waals surface area contributed by atoms with Crippen molar-refractivity contribution in [1.29, 1.82) is 0 Å². The lowest BCUT2D eigenvalue weighted by Crippen LogP contribution is -2.38. The lowest BCUT2D eigenvalue weighted by atomic mass is 9.93. The highest BCUT2D eigenvalue weighted by atomic mass is 16.5. The van der Waals surface area contributed by atoms with Crippen molar-refractivity contribution >= 4 is 5.84 Å². The van der Waals surface area contributed by atoms with E-state index in [2.05, 4.69) is 17.4 Å². The molecule has 1 rings (SSSR count). The van der Waals surface area contributed by atoms with Crippen LogP contribution in [0.4, 0.5) is 0 Å². The Bertz CT molecular complexity index is 203. The van der Waals surface area contributed by atoms with Crippen molar-refractivity contribution < 1.29 is 9.94 Å². The molecular weight excluding hydrogens is 194 g/mol. The van der Waals surface area contributed by atoms with Crippen LogP contribution in [0.1, 0.15) is 26.2 Å². The third-order valence-electron chi connectivity index (χ3n) is 2.95. The molecule has 1 saturated heterocycles. The number of ether oxygens (including phenoxy) is 1. The second-order valence-electron chi connectivity index (χ2n) is 4.03. The minimum absolute atomic E-state index is 0.279. The Morgan fingerprint density at radius 2 is 2.27 bits per heavy atom. The number of nitrogens with one attached hydrogen (secondary N) is 1. The molecule has 0 aromatic carbocycles. The standard InChI is InChI=1S/C10H21N3O2/c1-8(9-3-6-15-7-4-9)12-5-2-10(11)13-14/h8-9,12,14H,2-7H2,1H3,(H2,11,13). The van der Waals surface area contributed by atoms with E-state index in [4.69, 9.17) is 15.7 Å². The Hall–Kier alpha value is -0.810. The van der Waals surface area contributed by atoms with Gasteiger partial charge in [0, 0.05) is 32.2 Å². The number of nitrogens with zero attached hydrogens (tertiary/aromatic N) is 1. The van der Waals surface area contributed by atoms with E-state index in [0.29, 0.717) is 18.4 Å². The smallest absolute Gasteiger partial charge is 0.140 e. The maximum Gasteiger partial charge on any atom is 0.140 e. The van der Waals surface area contributed by atoms with Gasteiger partial charge in [-0.25, -0.2) is 0 Å². The lowest BCUT2D eigenvalue weighted by molar-refractivity contribution is 0.0561. The summed E-state index contributed by atoms with van der Waals surface area (Å²) in [4.78, 5) is 0. The first kappa shape index (κ1) is 12.3. The highest BCUT2D eigenvalue weighted by molar-refractivity contribution is 5.79. The van der Waals surface area contributed by atoms with E-state index >= 15 is 0 Å². The molecule has 15 heavy (non-hydrogen) atoms. The Kier molecular flexibility index (Phi) is 5.42. The molecule has 0 aromatic heterocycles. The average Bonchev–Trinajstić information content (AvgIpc) is 2.29. The summed E-state index contributed by atoms with van der Waals surface area (Å²) in [6, 6.07) is 0.473. The maximum atomic E-state index is 8.37. The van der Waals surface area contributed by atoms with Crippen LogP contribution >= 0.6 is 0 Å². The van der Waals surface area contributed by atoms with Crippen LogP contribution in [-0.2, 0) is 4.74 Å². The van der Waals surface area contributed by atoms with Crippen molar-refractivity contribution in [3.8, 4) is 0 Å². The second kappa shape index (κ2) is 6.63. The van der Waals surface area contributed by atoms with Crippen molar-refractivity contribution in [2.45, 2.75) is 32.2 Å². The molecule has 0 radical (unpaired) electrons. The number of amidine groups is 1. The Balaban J connectivity index is 2.14. The van der Waals surface area contributed by atoms with E-state index in [9.17, 15) is 0 Å². The summed E-state index contributed by atoms with van der Waals surface area (Å²) in [5, 5.41) is 14.7. The highest BCUT2D eigenvalue weighted by Gasteiger charge is 2.19. The molecule has 5 heteroatoms. The van der Waals surface area contributed by atoms with Gasteiger partial charge >= 0.3 is 0 Å². The first-order valence-electron chi connectivity index (χ1n) is 5.51. The maximum absolute atomic E-state index is 8.37. The van der Waals surface area contributed by atoms with Crippen LogP contribution in [0.5, 0.6) is 0 Å². The summed E-state index contributed by atoms with van der Waals surface area (Å²) >= 11 is 0. The molecule has 1 fully saturated rings. The number of hydrogen-bond acceptors (Lipinski definition) is 4. The van der Waals surface area contributed by atoms with Crippen LogP contribution in [0.2, 0.25) is 0 Å². The van der Waals surface area contributed by atoms with E-state index in [0.717, 1.165) is 32.6 Å². The average molecular weight is 215 g/mol. The summed E-state index contributed by atoms with van der Waals surface area (Å²) < 4.78 is 5.31. The largest absolute Gasteiger partial charge is 0.409 e. The fraction of sp³-hybridized carbons (Fsp3) is 0.900. The molecule has 1 unspecified atom stereocenters. The highest BCUT2D eigenvalue weighted by Crippen LogP contribution is 2.18. The van der Waals surface area contributed by atoms with E-state index in [-0.39, 0.29) is 5.84 Å². The van der Waals surface area contributed by atoms with Crippen LogP contribution in [0, 0.1) is 5.92 Å². The predicted molar refractivity (Wildman–Crippen MR) is 59.0 cm³/mol. The first-order chi connectivity index (χ1) is 7.24. The Morgan fingerprint density at radius 1 is 1.60 bits per heavy atom. The predicted octanol–water partition coefficient (Wildman–Crippen LogP) is 0.528. The summed E-state index contributed by atoms with van der Waals surface area (Å²) in [7, 11) is 0. The van der Waals surface area contributed by atoms with Gasteiger partial charge in [-0.05, 0) is 25.7 Å². The summed E-state index contributed by atoms with van der Waals surface area (Å²) in [6.07, 6.45) is 2.83. The van der Waals surface area contributed by atoms with Gasteiger partial charge in [-0.1, -0.05) is 5.16 Å². The van der Waals surface area contributed by atoms with Crippen molar-refractivity contribution in [1.82, 2.24) is 5.32 Å². The van der Waals surface area contributed by atoms with Gasteiger partial charge in [0.2, 0.25) is 0 Å². The Morgan fingerprint density at radius 3 is 2.87 bits per heavy atom. The molecular formula is C10H21N3O2. The van der Waals surface area contributed by atoms with Gasteiger partial charge in [-0.2, -0.15) is 0 Å². The van der Waals surface area contributed by atoms with Crippen molar-refractivity contribution in [3.63, 3.8) is 0 Å². The second-order valence-corrected chi connectivity index (χ2v) is 4.03. The SMILES string of the molecule is CC(NCCC(N)=NO)C1CCOCC1. The normalized spacial score (nSPS) is 21.5. The number of hydrogen-bond donors (Lipinski definition) is 3. The molecule has 0 amide bonds. The zero-order valence-corrected chi connectivity index (χ0v) is 9.28. The van der Waals surface area contributed by atoms with E-state index < -0.39 is 0 Å². The monoisotopic (exact) mass is 215 g/mol. The van der Waals surface area contributed by atoms with Gasteiger partial charge < -0.3 is 21.0 Å². The van der Waals surface area contributed by atoms with Crippen molar-refractivity contribution in [3.05, 3.63) is 0 Å². The fourth-order valence-electron chi connectivity index (χ4n) is 1.86. The molecule has 0 aromatic rings. The summed E-state index contributed by atoms with van der Waals surface area (Å²) in [5.41, 5.74) is 5.38. The molecule has 88 valence electrons. The van der Waals surface area contributed by atoms with Crippen LogP contribution in [0.15, 0.2) is 5.16 Å². The lowest BCUT2D eigenvalue weighted by Gasteiger charge is -2.28. The van der Waals surface area contributed by atoms with Gasteiger partial charge in [0.25, 0.3) is 0 Å². The van der Waals surface area contributed by atoms with Gasteiger partial charge in [-0.15, -0.1) is 0 Å². The topological polar surface area (TPSA) is 79.9 Å². The van der Waals surface area contributed by atoms with E-state index in [1.807, 2.05) is 0 Å². The van der Waals surface area contributed by atoms with Gasteiger partial charge in [0.05, 0.1) is 0 Å². The number of rotatable bonds is 5. The first-order valence-corrected chi connectivity index (χ1v) is 5.51. The van der Waals surface area contributed by atoms with Gasteiger partial charge in [0.15, 0.2) is 0 Å². The molecule has 1 atom stereocenters. The quantitative estimate of drug-likeness (QED) is 0.270. The fourth-order valence-corrected chi connectivity index (χ4v) is 1.86. The molecule has 1 heterocycles. The number of oxime groups is 1. The summed E-state index contributed by atoms with van der Waals surface area (Å²) in [5.74, 6) is 0.965. The molecule has 0 aliphatic carbocycles. The molecule has 1 aliphatic heterocycles. The van der Waals surface area contributed by atoms with E-state index in [1.54, 1.807) is 0 Å². The van der Waals surface area contributed by atoms with Gasteiger partial charge in [-0.3, -0.25) is 0 Å². The molecule has 0 bridgehead atoms. The van der Waals surface area contributed by atoms with Crippen LogP contribution < -0.4 is 11.1 Å². The minimum Gasteiger partial charge on any atom is -0.409 e. The zero-order chi connectivity index (χ0) is 11.1. The van der Waals surface area contributed by atoms with Crippen LogP contribution in [0.25, 0.3) is 0 Å². The molecule has 0 saturated carbocycles.